The Bertz CT molecular complexity index is 450. The Morgan fingerprint density at radius 2 is 2.10 bits per heavy atom. The van der Waals surface area contributed by atoms with E-state index in [1.807, 2.05) is 38.2 Å². The van der Waals surface area contributed by atoms with Crippen LogP contribution in [0.2, 0.25) is 0 Å². The molecule has 0 spiro atoms. The van der Waals surface area contributed by atoms with Crippen LogP contribution in [0.25, 0.3) is 0 Å². The van der Waals surface area contributed by atoms with Crippen LogP contribution in [0.15, 0.2) is 24.3 Å². The van der Waals surface area contributed by atoms with E-state index in [-0.39, 0.29) is 5.91 Å². The van der Waals surface area contributed by atoms with Crippen LogP contribution in [-0.4, -0.2) is 39.2 Å². The number of nitrogens with one attached hydrogen (secondary N) is 1. The number of amides is 1. The third-order valence-electron chi connectivity index (χ3n) is 3.76. The molecule has 0 fully saturated rings. The first-order valence-corrected chi connectivity index (χ1v) is 6.77. The van der Waals surface area contributed by atoms with Gasteiger partial charge in [0.15, 0.2) is 0 Å². The lowest BCUT2D eigenvalue weighted by atomic mass is 9.95. The molecule has 0 aliphatic heterocycles. The van der Waals surface area contributed by atoms with Crippen molar-refractivity contribution in [1.82, 2.24) is 5.32 Å². The van der Waals surface area contributed by atoms with Crippen molar-refractivity contribution < 1.29 is 9.53 Å². The fraction of sp³-hybridized carbons (Fsp3) is 0.533. The molecular formula is C15H25N3O2. The molecule has 1 atom stereocenters. The molecule has 0 saturated carbocycles. The highest BCUT2D eigenvalue weighted by molar-refractivity contribution is 5.84. The monoisotopic (exact) mass is 279 g/mol. The highest BCUT2D eigenvalue weighted by Crippen LogP contribution is 2.27. The summed E-state index contributed by atoms with van der Waals surface area (Å²) in [6.45, 7) is 2.66. The van der Waals surface area contributed by atoms with E-state index in [4.69, 9.17) is 10.5 Å². The summed E-state index contributed by atoms with van der Waals surface area (Å²) >= 11 is 0. The van der Waals surface area contributed by atoms with Crippen LogP contribution in [0, 0.1) is 0 Å². The number of anilines is 1. The molecule has 1 amide bonds. The van der Waals surface area contributed by atoms with Crippen molar-refractivity contribution in [2.24, 2.45) is 5.73 Å². The minimum atomic E-state index is -0.651. The number of nitrogens with two attached hydrogens (primary N) is 1. The summed E-state index contributed by atoms with van der Waals surface area (Å²) in [4.78, 5) is 13.5. The van der Waals surface area contributed by atoms with E-state index in [1.54, 1.807) is 14.2 Å². The second kappa shape index (κ2) is 7.14. The number of para-hydroxylation sites is 2. The zero-order chi connectivity index (χ0) is 15.2. The largest absolute Gasteiger partial charge is 0.495 e. The number of primary amides is 1. The molecule has 20 heavy (non-hydrogen) atoms. The topological polar surface area (TPSA) is 67.6 Å². The average molecular weight is 279 g/mol. The van der Waals surface area contributed by atoms with E-state index in [1.165, 1.54) is 0 Å². The van der Waals surface area contributed by atoms with Crippen LogP contribution in [0.3, 0.4) is 0 Å². The minimum absolute atomic E-state index is 0.319. The Hall–Kier alpha value is -1.75. The molecule has 0 aromatic heterocycles. The van der Waals surface area contributed by atoms with Gasteiger partial charge in [-0.2, -0.15) is 0 Å². The van der Waals surface area contributed by atoms with E-state index >= 15 is 0 Å². The summed E-state index contributed by atoms with van der Waals surface area (Å²) in [7, 11) is 5.44. The molecule has 112 valence electrons. The van der Waals surface area contributed by atoms with E-state index in [9.17, 15) is 4.79 Å². The summed E-state index contributed by atoms with van der Waals surface area (Å²) in [6.07, 6.45) is 1.55. The summed E-state index contributed by atoms with van der Waals surface area (Å²) in [6, 6.07) is 7.88. The zero-order valence-electron chi connectivity index (χ0n) is 12.8. The van der Waals surface area contributed by atoms with Gasteiger partial charge in [0.2, 0.25) is 5.91 Å². The van der Waals surface area contributed by atoms with Gasteiger partial charge < -0.3 is 20.7 Å². The maximum absolute atomic E-state index is 11.4. The lowest BCUT2D eigenvalue weighted by Crippen LogP contribution is -2.51. The minimum Gasteiger partial charge on any atom is -0.495 e. The highest BCUT2D eigenvalue weighted by atomic mass is 16.5. The lowest BCUT2D eigenvalue weighted by Gasteiger charge is -2.27. The predicted molar refractivity (Wildman–Crippen MR) is 82.2 cm³/mol. The smallest absolute Gasteiger partial charge is 0.237 e. The molecule has 3 N–H and O–H groups in total. The lowest BCUT2D eigenvalue weighted by molar-refractivity contribution is -0.123. The molecule has 1 unspecified atom stereocenters. The zero-order valence-corrected chi connectivity index (χ0v) is 12.8. The Morgan fingerprint density at radius 3 is 2.65 bits per heavy atom. The van der Waals surface area contributed by atoms with Crippen LogP contribution in [-0.2, 0) is 4.79 Å². The number of hydrogen-bond donors (Lipinski definition) is 2. The highest BCUT2D eigenvalue weighted by Gasteiger charge is 2.28. The first-order valence-electron chi connectivity index (χ1n) is 6.77. The number of carbonyl (C=O) groups excluding carboxylic acids is 1. The van der Waals surface area contributed by atoms with Crippen LogP contribution in [0.4, 0.5) is 5.69 Å². The van der Waals surface area contributed by atoms with Gasteiger partial charge >= 0.3 is 0 Å². The van der Waals surface area contributed by atoms with Crippen LogP contribution < -0.4 is 20.7 Å². The van der Waals surface area contributed by atoms with Crippen LogP contribution in [0.1, 0.15) is 19.8 Å². The SMILES string of the molecule is CNC(C)(CCCN(C)c1ccccc1OC)C(N)=O. The number of hydrogen-bond acceptors (Lipinski definition) is 4. The van der Waals surface area contributed by atoms with Crippen molar-refractivity contribution in [3.63, 3.8) is 0 Å². The first-order chi connectivity index (χ1) is 9.44. The number of likely N-dealkylation sites (N-methyl/N-ethyl adjacent to an activating group) is 1. The van der Waals surface area contributed by atoms with Gasteiger partial charge in [0.25, 0.3) is 0 Å². The van der Waals surface area contributed by atoms with E-state index in [0.717, 1.165) is 24.4 Å². The fourth-order valence-corrected chi connectivity index (χ4v) is 2.11. The molecule has 1 aromatic carbocycles. The van der Waals surface area contributed by atoms with Gasteiger partial charge in [-0.15, -0.1) is 0 Å². The van der Waals surface area contributed by atoms with Gasteiger partial charge in [-0.25, -0.2) is 0 Å². The van der Waals surface area contributed by atoms with E-state index in [2.05, 4.69) is 10.2 Å². The van der Waals surface area contributed by atoms with E-state index in [0.29, 0.717) is 6.42 Å². The second-order valence-corrected chi connectivity index (χ2v) is 5.14. The van der Waals surface area contributed by atoms with Crippen molar-refractivity contribution in [2.45, 2.75) is 25.3 Å². The summed E-state index contributed by atoms with van der Waals surface area (Å²) in [5.74, 6) is 0.529. The molecule has 1 rings (SSSR count). The van der Waals surface area contributed by atoms with Gasteiger partial charge in [-0.05, 0) is 38.9 Å². The Labute approximate surface area is 121 Å². The molecule has 0 bridgehead atoms. The Kier molecular flexibility index (Phi) is 5.82. The van der Waals surface area contributed by atoms with Crippen LogP contribution >= 0.6 is 0 Å². The molecule has 0 saturated heterocycles. The van der Waals surface area contributed by atoms with Crippen molar-refractivity contribution in [1.29, 1.82) is 0 Å². The normalized spacial score (nSPS) is 13.6. The van der Waals surface area contributed by atoms with Gasteiger partial charge in [0.05, 0.1) is 18.3 Å². The predicted octanol–water partition coefficient (Wildman–Crippen LogP) is 1.38. The molecule has 0 radical (unpaired) electrons. The van der Waals surface area contributed by atoms with Gasteiger partial charge in [-0.1, -0.05) is 12.1 Å². The molecule has 1 aromatic rings. The number of ether oxygens (including phenoxy) is 1. The molecular weight excluding hydrogens is 254 g/mol. The molecule has 5 nitrogen and oxygen atoms in total. The quantitative estimate of drug-likeness (QED) is 0.754. The van der Waals surface area contributed by atoms with Crippen molar-refractivity contribution in [2.75, 3.05) is 32.6 Å². The molecule has 0 heterocycles. The summed E-state index contributed by atoms with van der Waals surface area (Å²) < 4.78 is 5.34. The summed E-state index contributed by atoms with van der Waals surface area (Å²) in [5, 5.41) is 3.00. The third kappa shape index (κ3) is 3.87. The number of nitrogens with zero attached hydrogens (tertiary/aromatic N) is 1. The number of benzene rings is 1. The molecule has 0 aliphatic carbocycles. The van der Waals surface area contributed by atoms with Crippen LogP contribution in [0.5, 0.6) is 5.75 Å². The number of methoxy groups -OCH3 is 1. The van der Waals surface area contributed by atoms with Gasteiger partial charge in [0.1, 0.15) is 5.75 Å². The average Bonchev–Trinajstić information content (AvgIpc) is 2.46. The van der Waals surface area contributed by atoms with E-state index < -0.39 is 5.54 Å². The summed E-state index contributed by atoms with van der Waals surface area (Å²) in [5.41, 5.74) is 5.81. The van der Waals surface area contributed by atoms with Crippen molar-refractivity contribution in [3.8, 4) is 5.75 Å². The molecule has 5 heteroatoms. The van der Waals surface area contributed by atoms with Gasteiger partial charge in [-0.3, -0.25) is 4.79 Å². The first kappa shape index (κ1) is 16.3. The fourth-order valence-electron chi connectivity index (χ4n) is 2.11. The maximum Gasteiger partial charge on any atom is 0.237 e. The van der Waals surface area contributed by atoms with Crippen molar-refractivity contribution in [3.05, 3.63) is 24.3 Å². The second-order valence-electron chi connectivity index (χ2n) is 5.14. The third-order valence-corrected chi connectivity index (χ3v) is 3.76. The standard InChI is InChI=1S/C15H25N3O2/c1-15(17-2,14(16)19)10-7-11-18(3)12-8-5-6-9-13(12)20-4/h5-6,8-9,17H,7,10-11H2,1-4H3,(H2,16,19). The molecule has 0 aliphatic rings. The van der Waals surface area contributed by atoms with Gasteiger partial charge in [0, 0.05) is 13.6 Å². The Morgan fingerprint density at radius 1 is 1.45 bits per heavy atom. The number of carbonyl (C=O) groups is 1. The van der Waals surface area contributed by atoms with Crippen molar-refractivity contribution >= 4 is 11.6 Å². The Balaban J connectivity index is 2.60. The number of rotatable bonds is 8. The maximum atomic E-state index is 11.4.